The summed E-state index contributed by atoms with van der Waals surface area (Å²) in [5, 5.41) is -0.454. The van der Waals surface area contributed by atoms with Gasteiger partial charge in [0.2, 0.25) is 11.5 Å². The summed E-state index contributed by atoms with van der Waals surface area (Å²) in [7, 11) is -1.34. The second-order valence-electron chi connectivity index (χ2n) is 8.11. The summed E-state index contributed by atoms with van der Waals surface area (Å²) in [4.78, 5) is 22.2. The normalized spacial score (nSPS) is 22.3. The number of rotatable bonds is 5. The van der Waals surface area contributed by atoms with E-state index in [0.717, 1.165) is 18.2 Å². The van der Waals surface area contributed by atoms with Gasteiger partial charge in [-0.2, -0.15) is 13.2 Å². The zero-order valence-corrected chi connectivity index (χ0v) is 20.8. The summed E-state index contributed by atoms with van der Waals surface area (Å²) in [6.45, 7) is -0.511. The molecule has 2 atom stereocenters. The first-order valence-electron chi connectivity index (χ1n) is 9.88. The van der Waals surface area contributed by atoms with Crippen LogP contribution in [0, 0.1) is 0 Å². The van der Waals surface area contributed by atoms with E-state index in [9.17, 15) is 22.2 Å². The van der Waals surface area contributed by atoms with Crippen LogP contribution in [0.5, 0.6) is 0 Å². The second kappa shape index (κ2) is 9.19. The highest BCUT2D eigenvalue weighted by Gasteiger charge is 2.60. The molecule has 0 spiro atoms. The molecule has 0 radical (unpaired) electrons. The van der Waals surface area contributed by atoms with E-state index in [1.54, 1.807) is 0 Å². The summed E-state index contributed by atoms with van der Waals surface area (Å²) >= 11 is 17.7. The van der Waals surface area contributed by atoms with E-state index >= 15 is 4.39 Å². The molecule has 2 aromatic rings. The fourth-order valence-corrected chi connectivity index (χ4v) is 4.86. The SMILES string of the molecule is CS(=O)CC(=O)N1CC(F)(c2ccc(C3=CC(c4cc(Cl)c(Cl)c(Cl)c4)(C(F)(F)F)ON3)cn2)C1. The minimum absolute atomic E-state index is 0.0146. The predicted octanol–water partition coefficient (Wildman–Crippen LogP) is 4.76. The van der Waals surface area contributed by atoms with Crippen molar-refractivity contribution in [3.8, 4) is 0 Å². The number of likely N-dealkylation sites (tertiary alicyclic amines) is 1. The van der Waals surface area contributed by atoms with Gasteiger partial charge in [-0.1, -0.05) is 34.8 Å². The first-order chi connectivity index (χ1) is 16.3. The molecule has 1 fully saturated rings. The number of hydroxylamine groups is 1. The molecule has 4 rings (SSSR count). The zero-order valence-electron chi connectivity index (χ0n) is 17.8. The number of nitrogens with zero attached hydrogens (tertiary/aromatic N) is 2. The molecule has 1 amide bonds. The number of benzene rings is 1. The van der Waals surface area contributed by atoms with Crippen LogP contribution in [0.15, 0.2) is 36.5 Å². The minimum Gasteiger partial charge on any atom is -0.334 e. The largest absolute Gasteiger partial charge is 0.428 e. The Hall–Kier alpha value is -1.92. The molecular formula is C21H16Cl3F4N3O3S. The number of nitrogens with one attached hydrogen (secondary N) is 1. The lowest BCUT2D eigenvalue weighted by atomic mass is 9.90. The van der Waals surface area contributed by atoms with Crippen LogP contribution in [0.4, 0.5) is 17.6 Å². The Morgan fingerprint density at radius 3 is 2.37 bits per heavy atom. The molecule has 2 aliphatic heterocycles. The lowest BCUT2D eigenvalue weighted by molar-refractivity contribution is -0.269. The maximum Gasteiger partial charge on any atom is 0.428 e. The molecule has 188 valence electrons. The van der Waals surface area contributed by atoms with Crippen LogP contribution in [0.25, 0.3) is 5.70 Å². The van der Waals surface area contributed by atoms with Gasteiger partial charge in [0, 0.05) is 34.4 Å². The van der Waals surface area contributed by atoms with Gasteiger partial charge in [0.1, 0.15) is 5.75 Å². The van der Waals surface area contributed by atoms with Crippen LogP contribution >= 0.6 is 34.8 Å². The van der Waals surface area contributed by atoms with Crippen molar-refractivity contribution in [2.75, 3.05) is 25.1 Å². The molecule has 1 aromatic heterocycles. The Morgan fingerprint density at radius 2 is 1.86 bits per heavy atom. The van der Waals surface area contributed by atoms with Gasteiger partial charge in [-0.3, -0.25) is 24.3 Å². The van der Waals surface area contributed by atoms with Gasteiger partial charge in [0.25, 0.3) is 0 Å². The van der Waals surface area contributed by atoms with Gasteiger partial charge in [0.05, 0.1) is 39.5 Å². The molecule has 2 unspecified atom stereocenters. The Bertz CT molecular complexity index is 1210. The molecule has 0 bridgehead atoms. The number of pyridine rings is 1. The first kappa shape index (κ1) is 26.2. The van der Waals surface area contributed by atoms with Gasteiger partial charge in [-0.25, -0.2) is 4.39 Å². The van der Waals surface area contributed by atoms with E-state index in [0.29, 0.717) is 0 Å². The fraction of sp³-hybridized carbons (Fsp3) is 0.333. The third kappa shape index (κ3) is 4.76. The Balaban J connectivity index is 1.59. The van der Waals surface area contributed by atoms with Crippen LogP contribution in [0.3, 0.4) is 0 Å². The summed E-state index contributed by atoms with van der Waals surface area (Å²) in [5.41, 5.74) is -2.83. The molecule has 1 aromatic carbocycles. The van der Waals surface area contributed by atoms with Crippen molar-refractivity contribution in [1.29, 1.82) is 0 Å². The van der Waals surface area contributed by atoms with E-state index in [1.807, 2.05) is 0 Å². The Kier molecular flexibility index (Phi) is 6.86. The number of hydrogen-bond donors (Lipinski definition) is 1. The molecule has 14 heteroatoms. The lowest BCUT2D eigenvalue weighted by Gasteiger charge is -2.43. The number of alkyl halides is 4. The fourth-order valence-electron chi connectivity index (χ4n) is 3.74. The van der Waals surface area contributed by atoms with Crippen molar-refractivity contribution in [2.24, 2.45) is 0 Å². The number of halogens is 7. The topological polar surface area (TPSA) is 71.5 Å². The van der Waals surface area contributed by atoms with Crippen molar-refractivity contribution < 1.29 is 31.4 Å². The highest BCUT2D eigenvalue weighted by atomic mass is 35.5. The number of carbonyl (C=O) groups excluding carboxylic acids is 1. The van der Waals surface area contributed by atoms with Gasteiger partial charge in [-0.05, 0) is 30.3 Å². The quantitative estimate of drug-likeness (QED) is 0.413. The van der Waals surface area contributed by atoms with Gasteiger partial charge >= 0.3 is 6.18 Å². The van der Waals surface area contributed by atoms with Gasteiger partial charge < -0.3 is 4.90 Å². The van der Waals surface area contributed by atoms with E-state index in [4.69, 9.17) is 39.6 Å². The summed E-state index contributed by atoms with van der Waals surface area (Å²) in [5.74, 6) is -0.633. The molecule has 1 N–H and O–H groups in total. The first-order valence-corrected chi connectivity index (χ1v) is 12.7. The average molecular weight is 573 g/mol. The third-order valence-electron chi connectivity index (χ3n) is 5.60. The lowest BCUT2D eigenvalue weighted by Crippen LogP contribution is -2.60. The number of carbonyl (C=O) groups is 1. The summed E-state index contributed by atoms with van der Waals surface area (Å²) in [6.07, 6.45) is -1.54. The third-order valence-corrected chi connectivity index (χ3v) is 7.45. The van der Waals surface area contributed by atoms with Gasteiger partial charge in [0.15, 0.2) is 5.67 Å². The van der Waals surface area contributed by atoms with E-state index in [-0.39, 0.29) is 50.9 Å². The Morgan fingerprint density at radius 1 is 1.23 bits per heavy atom. The molecule has 3 heterocycles. The smallest absolute Gasteiger partial charge is 0.334 e. The molecule has 0 saturated carbocycles. The minimum atomic E-state index is -4.91. The monoisotopic (exact) mass is 571 g/mol. The van der Waals surface area contributed by atoms with Crippen LogP contribution < -0.4 is 5.48 Å². The summed E-state index contributed by atoms with van der Waals surface area (Å²) < 4.78 is 68.8. The molecule has 35 heavy (non-hydrogen) atoms. The van der Waals surface area contributed by atoms with Crippen molar-refractivity contribution in [3.05, 3.63) is 68.4 Å². The van der Waals surface area contributed by atoms with E-state index in [2.05, 4.69) is 10.5 Å². The van der Waals surface area contributed by atoms with Crippen molar-refractivity contribution in [1.82, 2.24) is 15.4 Å². The number of aromatic nitrogens is 1. The van der Waals surface area contributed by atoms with Crippen molar-refractivity contribution in [3.63, 3.8) is 0 Å². The highest BCUT2D eigenvalue weighted by Crippen LogP contribution is 2.49. The number of amides is 1. The van der Waals surface area contributed by atoms with Crippen LogP contribution in [0.2, 0.25) is 15.1 Å². The predicted molar refractivity (Wildman–Crippen MR) is 124 cm³/mol. The molecule has 6 nitrogen and oxygen atoms in total. The summed E-state index contributed by atoms with van der Waals surface area (Å²) in [6, 6.07) is 4.72. The van der Waals surface area contributed by atoms with E-state index in [1.165, 1.54) is 29.5 Å². The molecule has 0 aliphatic carbocycles. The van der Waals surface area contributed by atoms with Crippen molar-refractivity contribution in [2.45, 2.75) is 17.4 Å². The van der Waals surface area contributed by atoms with Gasteiger partial charge in [-0.15, -0.1) is 0 Å². The van der Waals surface area contributed by atoms with E-state index < -0.39 is 39.7 Å². The Labute approximate surface area is 214 Å². The maximum absolute atomic E-state index is 15.1. The average Bonchev–Trinajstić information content (AvgIpc) is 3.21. The highest BCUT2D eigenvalue weighted by molar-refractivity contribution is 7.85. The second-order valence-corrected chi connectivity index (χ2v) is 10.7. The molecule has 2 aliphatic rings. The maximum atomic E-state index is 15.1. The van der Waals surface area contributed by atoms with Crippen LogP contribution in [-0.2, 0) is 31.7 Å². The zero-order chi connectivity index (χ0) is 25.8. The van der Waals surface area contributed by atoms with Crippen LogP contribution in [0.1, 0.15) is 16.8 Å². The van der Waals surface area contributed by atoms with Crippen LogP contribution in [-0.4, -0.2) is 51.3 Å². The van der Waals surface area contributed by atoms with Crippen molar-refractivity contribution >= 4 is 57.2 Å². The number of hydrogen-bond acceptors (Lipinski definition) is 5. The molecule has 1 saturated heterocycles. The standard InChI is InChI=1S/C21H16Cl3F4N3O3S/c1-35(33)8-17(32)31-9-19(25,10-31)16-3-2-11(7-29-16)15-6-20(34-30-15,21(26,27)28)12-4-13(22)18(24)14(23)5-12/h2-7,30H,8-10H2,1H3. The molecular weight excluding hydrogens is 557 g/mol.